The van der Waals surface area contributed by atoms with Gasteiger partial charge in [0.25, 0.3) is 5.56 Å². The molecular formula is C36H44N8O11. The van der Waals surface area contributed by atoms with Crippen LogP contribution in [0.2, 0.25) is 0 Å². The van der Waals surface area contributed by atoms with Crippen molar-refractivity contribution >= 4 is 29.7 Å². The number of aliphatic carboxylic acids is 1. The van der Waals surface area contributed by atoms with E-state index in [0.717, 1.165) is 27.9 Å². The number of phenols is 1. The lowest BCUT2D eigenvalue weighted by molar-refractivity contribution is -0.139. The van der Waals surface area contributed by atoms with Gasteiger partial charge in [-0.1, -0.05) is 42.5 Å². The first-order valence-electron chi connectivity index (χ1n) is 17.1. The van der Waals surface area contributed by atoms with Crippen molar-refractivity contribution in [2.45, 2.75) is 75.7 Å². The lowest BCUT2D eigenvalue weighted by Crippen LogP contribution is -2.61. The minimum absolute atomic E-state index is 0.0191. The van der Waals surface area contributed by atoms with Crippen molar-refractivity contribution < 1.29 is 44.0 Å². The van der Waals surface area contributed by atoms with Crippen LogP contribution in [0.5, 0.6) is 5.75 Å². The maximum absolute atomic E-state index is 13.7. The average molecular weight is 765 g/mol. The number of hydrogen-bond donors (Lipinski definition) is 9. The van der Waals surface area contributed by atoms with Crippen molar-refractivity contribution in [2.75, 3.05) is 7.05 Å². The Balaban J connectivity index is 1.49. The molecule has 4 rings (SSSR count). The number of amides is 5. The number of hydrogen-bond acceptors (Lipinski definition) is 11. The third-order valence-corrected chi connectivity index (χ3v) is 8.84. The minimum atomic E-state index is -1.49. The molecule has 55 heavy (non-hydrogen) atoms. The van der Waals surface area contributed by atoms with Crippen LogP contribution in [0.15, 0.2) is 88.4 Å². The maximum Gasteiger partial charge on any atom is 0.331 e. The summed E-state index contributed by atoms with van der Waals surface area (Å²) in [4.78, 5) is 92.2. The van der Waals surface area contributed by atoms with Gasteiger partial charge in [0.1, 0.15) is 35.7 Å². The topological polar surface area (TPSA) is 288 Å². The van der Waals surface area contributed by atoms with E-state index < -0.39 is 83.5 Å². The van der Waals surface area contributed by atoms with E-state index in [1.165, 1.54) is 33.0 Å². The van der Waals surface area contributed by atoms with E-state index in [4.69, 9.17) is 10.5 Å². The second kappa shape index (κ2) is 18.5. The van der Waals surface area contributed by atoms with Crippen molar-refractivity contribution in [3.8, 4) is 5.75 Å². The van der Waals surface area contributed by atoms with Gasteiger partial charge >= 0.3 is 17.7 Å². The van der Waals surface area contributed by atoms with Crippen LogP contribution in [0.25, 0.3) is 0 Å². The third kappa shape index (κ3) is 11.3. The number of aliphatic hydroxyl groups excluding tert-OH is 1. The summed E-state index contributed by atoms with van der Waals surface area (Å²) in [6.07, 6.45) is -0.370. The molecule has 10 N–H and O–H groups in total. The Kier molecular flexibility index (Phi) is 13.9. The highest BCUT2D eigenvalue weighted by molar-refractivity contribution is 5.93. The molecule has 2 aromatic carbocycles. The van der Waals surface area contributed by atoms with E-state index in [0.29, 0.717) is 11.1 Å². The number of benzene rings is 2. The fourth-order valence-electron chi connectivity index (χ4n) is 5.70. The number of aromatic hydroxyl groups is 1. The number of rotatable bonds is 15. The summed E-state index contributed by atoms with van der Waals surface area (Å²) in [5.41, 5.74) is 5.95. The van der Waals surface area contributed by atoms with Crippen molar-refractivity contribution in [2.24, 2.45) is 5.73 Å². The van der Waals surface area contributed by atoms with E-state index in [1.54, 1.807) is 42.5 Å². The molecule has 1 aliphatic heterocycles. The quantitative estimate of drug-likeness (QED) is 0.0879. The predicted octanol–water partition coefficient (Wildman–Crippen LogP) is -1.24. The van der Waals surface area contributed by atoms with Crippen molar-refractivity contribution in [1.82, 2.24) is 35.7 Å². The van der Waals surface area contributed by atoms with Gasteiger partial charge < -0.3 is 52.0 Å². The summed E-state index contributed by atoms with van der Waals surface area (Å²) < 4.78 is 6.62. The zero-order chi connectivity index (χ0) is 40.4. The molecule has 0 unspecified atom stereocenters. The van der Waals surface area contributed by atoms with Crippen LogP contribution < -0.4 is 38.2 Å². The molecule has 19 nitrogen and oxygen atoms in total. The number of nitrogens with two attached hydrogens (primary N) is 1. The number of urea groups is 1. The van der Waals surface area contributed by atoms with Crippen LogP contribution in [-0.4, -0.2) is 103 Å². The molecule has 0 spiro atoms. The van der Waals surface area contributed by atoms with Gasteiger partial charge in [0.05, 0.1) is 12.1 Å². The number of carbonyl (C=O) groups excluding carboxylic acids is 4. The summed E-state index contributed by atoms with van der Waals surface area (Å²) >= 11 is 0. The Morgan fingerprint density at radius 1 is 0.982 bits per heavy atom. The standard InChI is InChI=1S/C36H44N8O11/c1-19(39-35(53)40-26(34(51)52)16-21-8-5-4-6-9-21)30(48)42-29(20(2)43(3)32(50)25(37)15-22-10-7-11-23(45)14-22)31(49)38-18-24-17-27(46)33(55-24)44-13-12-28(47)41-36(44)54/h4-14,18-20,25-27,29,33,45-46H,15-17,37H2,1-3H3,(H,38,49)(H,42,48)(H,51,52)(H2,39,40,53)(H,41,47,54)/b24-18-/t19-,20-,25-,26-,27+,29-,33+/m0/s1. The molecule has 0 aliphatic carbocycles. The first-order chi connectivity index (χ1) is 26.0. The lowest BCUT2D eigenvalue weighted by Gasteiger charge is -2.33. The molecule has 1 fully saturated rings. The number of carboxylic acid groups (broad SMARTS) is 1. The molecule has 3 aromatic rings. The van der Waals surface area contributed by atoms with Gasteiger partial charge in [0.15, 0.2) is 0 Å². The Labute approximate surface area is 314 Å². The maximum atomic E-state index is 13.7. The van der Waals surface area contributed by atoms with Gasteiger partial charge in [-0.25, -0.2) is 14.4 Å². The summed E-state index contributed by atoms with van der Waals surface area (Å²) in [6.45, 7) is 2.77. The Hall–Kier alpha value is -6.47. The van der Waals surface area contributed by atoms with Crippen LogP contribution in [0.1, 0.15) is 37.6 Å². The van der Waals surface area contributed by atoms with Crippen LogP contribution in [0, 0.1) is 0 Å². The van der Waals surface area contributed by atoms with Crippen molar-refractivity contribution in [3.63, 3.8) is 0 Å². The molecule has 5 amide bonds. The Morgan fingerprint density at radius 3 is 2.33 bits per heavy atom. The van der Waals surface area contributed by atoms with Crippen LogP contribution in [0.3, 0.4) is 0 Å². The lowest BCUT2D eigenvalue weighted by atomic mass is 10.0. The number of nitrogens with one attached hydrogen (secondary N) is 5. The fraction of sp³-hybridized carbons (Fsp3) is 0.361. The molecule has 1 aromatic heterocycles. The molecule has 7 atom stereocenters. The van der Waals surface area contributed by atoms with E-state index >= 15 is 0 Å². The first kappa shape index (κ1) is 41.3. The van der Waals surface area contributed by atoms with Gasteiger partial charge in [0, 0.05) is 38.4 Å². The molecule has 0 bridgehead atoms. The monoisotopic (exact) mass is 764 g/mol. The second-order valence-corrected chi connectivity index (χ2v) is 13.0. The highest BCUT2D eigenvalue weighted by Gasteiger charge is 2.36. The van der Waals surface area contributed by atoms with Gasteiger partial charge in [-0.15, -0.1) is 0 Å². The number of aromatic amines is 1. The van der Waals surface area contributed by atoms with Crippen LogP contribution >= 0.6 is 0 Å². The number of likely N-dealkylation sites (N-methyl/N-ethyl adjacent to an activating group) is 1. The van der Waals surface area contributed by atoms with E-state index in [9.17, 15) is 48.9 Å². The van der Waals surface area contributed by atoms with Gasteiger partial charge in [-0.3, -0.25) is 28.7 Å². The number of carbonyl (C=O) groups is 5. The van der Waals surface area contributed by atoms with Crippen molar-refractivity contribution in [3.05, 3.63) is 111 Å². The summed E-state index contributed by atoms with van der Waals surface area (Å²) in [5, 5.41) is 39.7. The number of carboxylic acids is 1. The van der Waals surface area contributed by atoms with E-state index in [2.05, 4.69) is 26.3 Å². The SMILES string of the molecule is C[C@H](NC(=O)N[C@@H](Cc1ccccc1)C(=O)O)C(=O)N[C@H](C(=O)N/C=C1/C[C@@H](O)[C@H](n2ccc(=O)[nH]c2=O)O1)[C@H](C)N(C)C(=O)[C@@H](N)Cc1cccc(O)c1. The van der Waals surface area contributed by atoms with Gasteiger partial charge in [-0.2, -0.15) is 0 Å². The Morgan fingerprint density at radius 2 is 1.67 bits per heavy atom. The van der Waals surface area contributed by atoms with Gasteiger partial charge in [-0.05, 0) is 43.5 Å². The van der Waals surface area contributed by atoms with Crippen LogP contribution in [0.4, 0.5) is 4.79 Å². The number of aliphatic hydroxyl groups is 1. The number of aromatic nitrogens is 2. The zero-order valence-electron chi connectivity index (χ0n) is 30.2. The first-order valence-corrected chi connectivity index (χ1v) is 17.1. The van der Waals surface area contributed by atoms with E-state index in [1.807, 2.05) is 0 Å². The molecule has 1 aliphatic rings. The molecule has 294 valence electrons. The summed E-state index contributed by atoms with van der Waals surface area (Å²) in [5.74, 6) is -3.63. The zero-order valence-corrected chi connectivity index (χ0v) is 30.2. The van der Waals surface area contributed by atoms with Crippen molar-refractivity contribution in [1.29, 1.82) is 0 Å². The van der Waals surface area contributed by atoms with Gasteiger partial charge in [0.2, 0.25) is 23.9 Å². The normalized spacial score (nSPS) is 18.5. The molecule has 1 saturated heterocycles. The third-order valence-electron chi connectivity index (χ3n) is 8.84. The smallest absolute Gasteiger partial charge is 0.331 e. The molecule has 0 saturated carbocycles. The largest absolute Gasteiger partial charge is 0.508 e. The molecular weight excluding hydrogens is 720 g/mol. The molecule has 2 heterocycles. The summed E-state index contributed by atoms with van der Waals surface area (Å²) in [7, 11) is 1.37. The molecule has 0 radical (unpaired) electrons. The average Bonchev–Trinajstić information content (AvgIpc) is 3.51. The number of H-pyrrole nitrogens is 1. The highest BCUT2D eigenvalue weighted by atomic mass is 16.5. The second-order valence-electron chi connectivity index (χ2n) is 13.0. The summed E-state index contributed by atoms with van der Waals surface area (Å²) in [6, 6.07) is 8.54. The number of ether oxygens (including phenoxy) is 1. The number of nitrogens with zero attached hydrogens (tertiary/aromatic N) is 2. The minimum Gasteiger partial charge on any atom is -0.508 e. The van der Waals surface area contributed by atoms with Crippen LogP contribution in [-0.2, 0) is 36.8 Å². The predicted molar refractivity (Wildman–Crippen MR) is 195 cm³/mol. The fourth-order valence-corrected chi connectivity index (χ4v) is 5.70. The Bertz CT molecular complexity index is 2020. The highest BCUT2D eigenvalue weighted by Crippen LogP contribution is 2.29. The number of phenolic OH excluding ortho intramolecular Hbond substituents is 1. The van der Waals surface area contributed by atoms with E-state index in [-0.39, 0.29) is 30.8 Å². The molecule has 19 heteroatoms.